The van der Waals surface area contributed by atoms with Gasteiger partial charge in [0.1, 0.15) is 10.8 Å². The normalized spacial score (nSPS) is 10.7. The van der Waals surface area contributed by atoms with Crippen LogP contribution < -0.4 is 10.5 Å². The van der Waals surface area contributed by atoms with Gasteiger partial charge in [-0.05, 0) is 25.0 Å². The van der Waals surface area contributed by atoms with Crippen molar-refractivity contribution in [1.29, 1.82) is 0 Å². The van der Waals surface area contributed by atoms with Crippen LogP contribution in [0, 0.1) is 6.92 Å². The van der Waals surface area contributed by atoms with E-state index in [1.165, 1.54) is 10.4 Å². The van der Waals surface area contributed by atoms with Crippen molar-refractivity contribution < 1.29 is 4.74 Å². The van der Waals surface area contributed by atoms with Crippen molar-refractivity contribution in [2.24, 2.45) is 5.73 Å². The quantitative estimate of drug-likeness (QED) is 0.880. The lowest BCUT2D eigenvalue weighted by Gasteiger charge is -2.10. The molecule has 2 aromatic rings. The summed E-state index contributed by atoms with van der Waals surface area (Å²) in [6, 6.07) is 8.21. The molecule has 2 rings (SSSR count). The van der Waals surface area contributed by atoms with Gasteiger partial charge >= 0.3 is 0 Å². The van der Waals surface area contributed by atoms with Crippen LogP contribution in [0.15, 0.2) is 24.3 Å². The Morgan fingerprint density at radius 3 is 2.79 bits per heavy atom. The Hall–Kier alpha value is -1.39. The molecule has 3 nitrogen and oxygen atoms in total. The fourth-order valence-corrected chi connectivity index (χ4v) is 2.89. The highest BCUT2D eigenvalue weighted by molar-refractivity contribution is 7.11. The molecular formula is C15H20N2OS. The first-order valence-corrected chi connectivity index (χ1v) is 7.42. The molecule has 1 aromatic heterocycles. The second kappa shape index (κ2) is 6.68. The molecule has 102 valence electrons. The third kappa shape index (κ3) is 3.55. The lowest BCUT2D eigenvalue weighted by atomic mass is 10.1. The summed E-state index contributed by atoms with van der Waals surface area (Å²) in [5, 5.41) is 0.999. The van der Waals surface area contributed by atoms with Crippen LogP contribution in [-0.2, 0) is 13.0 Å². The van der Waals surface area contributed by atoms with Crippen molar-refractivity contribution in [1.82, 2.24) is 4.98 Å². The Balaban J connectivity index is 2.19. The van der Waals surface area contributed by atoms with Crippen molar-refractivity contribution in [2.75, 3.05) is 6.61 Å². The lowest BCUT2D eigenvalue weighted by molar-refractivity contribution is 0.314. The van der Waals surface area contributed by atoms with Crippen molar-refractivity contribution in [3.63, 3.8) is 0 Å². The van der Waals surface area contributed by atoms with Crippen molar-refractivity contribution in [3.8, 4) is 5.75 Å². The minimum atomic E-state index is 0.513. The third-order valence-electron chi connectivity index (χ3n) is 2.90. The Morgan fingerprint density at radius 2 is 2.11 bits per heavy atom. The van der Waals surface area contributed by atoms with Crippen molar-refractivity contribution in [2.45, 2.75) is 33.2 Å². The topological polar surface area (TPSA) is 48.1 Å². The number of benzene rings is 1. The first-order chi connectivity index (χ1) is 9.24. The number of hydrogen-bond donors (Lipinski definition) is 1. The summed E-state index contributed by atoms with van der Waals surface area (Å²) in [6.45, 7) is 5.43. The summed E-state index contributed by atoms with van der Waals surface area (Å²) in [5.41, 5.74) is 7.94. The molecule has 1 aromatic carbocycles. The Bertz CT molecular complexity index is 537. The van der Waals surface area contributed by atoms with Gasteiger partial charge in [-0.2, -0.15) is 0 Å². The van der Waals surface area contributed by atoms with Crippen LogP contribution in [0.4, 0.5) is 0 Å². The van der Waals surface area contributed by atoms with E-state index in [4.69, 9.17) is 10.5 Å². The average molecular weight is 276 g/mol. The number of rotatable bonds is 6. The maximum absolute atomic E-state index is 5.79. The van der Waals surface area contributed by atoms with Crippen molar-refractivity contribution in [3.05, 3.63) is 45.4 Å². The lowest BCUT2D eigenvalue weighted by Crippen LogP contribution is -1.99. The molecular weight excluding hydrogens is 256 g/mol. The second-order valence-corrected chi connectivity index (χ2v) is 5.62. The Kier molecular flexibility index (Phi) is 4.93. The predicted molar refractivity (Wildman–Crippen MR) is 79.8 cm³/mol. The van der Waals surface area contributed by atoms with E-state index in [9.17, 15) is 0 Å². The zero-order valence-electron chi connectivity index (χ0n) is 11.5. The van der Waals surface area contributed by atoms with Crippen LogP contribution in [-0.4, -0.2) is 11.6 Å². The summed E-state index contributed by atoms with van der Waals surface area (Å²) >= 11 is 1.70. The number of aromatic nitrogens is 1. The molecule has 0 saturated heterocycles. The molecule has 4 heteroatoms. The van der Waals surface area contributed by atoms with Crippen LogP contribution in [0.3, 0.4) is 0 Å². The van der Waals surface area contributed by atoms with Gasteiger partial charge in [0.05, 0.1) is 12.3 Å². The fourth-order valence-electron chi connectivity index (χ4n) is 1.92. The highest BCUT2D eigenvalue weighted by Crippen LogP contribution is 2.26. The maximum Gasteiger partial charge on any atom is 0.122 e. The highest BCUT2D eigenvalue weighted by atomic mass is 32.1. The Morgan fingerprint density at radius 1 is 1.32 bits per heavy atom. The van der Waals surface area contributed by atoms with Gasteiger partial charge < -0.3 is 10.5 Å². The molecule has 0 atom stereocenters. The van der Waals surface area contributed by atoms with E-state index in [0.717, 1.165) is 35.9 Å². The first kappa shape index (κ1) is 14.0. The molecule has 0 radical (unpaired) electrons. The molecule has 1 heterocycles. The molecule has 0 amide bonds. The number of para-hydroxylation sites is 1. The van der Waals surface area contributed by atoms with Gasteiger partial charge in [-0.1, -0.05) is 25.1 Å². The van der Waals surface area contributed by atoms with Gasteiger partial charge in [0.25, 0.3) is 0 Å². The summed E-state index contributed by atoms with van der Waals surface area (Å²) in [4.78, 5) is 5.74. The van der Waals surface area contributed by atoms with Gasteiger partial charge in [-0.15, -0.1) is 11.3 Å². The predicted octanol–water partition coefficient (Wildman–Crippen LogP) is 3.29. The van der Waals surface area contributed by atoms with Crippen molar-refractivity contribution >= 4 is 11.3 Å². The van der Waals surface area contributed by atoms with E-state index in [2.05, 4.69) is 18.0 Å². The molecule has 0 bridgehead atoms. The molecule has 0 spiro atoms. The first-order valence-electron chi connectivity index (χ1n) is 6.60. The van der Waals surface area contributed by atoms with E-state index in [1.807, 2.05) is 25.1 Å². The zero-order chi connectivity index (χ0) is 13.7. The minimum Gasteiger partial charge on any atom is -0.493 e. The summed E-state index contributed by atoms with van der Waals surface area (Å²) < 4.78 is 5.79. The second-order valence-electron chi connectivity index (χ2n) is 4.45. The number of nitrogens with zero attached hydrogens (tertiary/aromatic N) is 1. The van der Waals surface area contributed by atoms with Gasteiger partial charge in [0.15, 0.2) is 0 Å². The van der Waals surface area contributed by atoms with E-state index in [1.54, 1.807) is 11.3 Å². The molecule has 0 aliphatic heterocycles. The van der Waals surface area contributed by atoms with E-state index < -0.39 is 0 Å². The maximum atomic E-state index is 5.79. The Labute approximate surface area is 118 Å². The number of aryl methyl sites for hydroxylation is 1. The van der Waals surface area contributed by atoms with Crippen LogP contribution in [0.25, 0.3) is 0 Å². The van der Waals surface area contributed by atoms with Crippen LogP contribution >= 0.6 is 11.3 Å². The SMILES string of the molecule is CCCOc1ccccc1Cc1sc(CN)nc1C. The molecule has 0 fully saturated rings. The van der Waals surface area contributed by atoms with E-state index >= 15 is 0 Å². The molecule has 0 aliphatic rings. The number of hydrogen-bond acceptors (Lipinski definition) is 4. The molecule has 2 N–H and O–H groups in total. The van der Waals surface area contributed by atoms with E-state index in [0.29, 0.717) is 6.54 Å². The highest BCUT2D eigenvalue weighted by Gasteiger charge is 2.10. The van der Waals surface area contributed by atoms with Crippen LogP contribution in [0.1, 0.15) is 34.5 Å². The van der Waals surface area contributed by atoms with Gasteiger partial charge in [0.2, 0.25) is 0 Å². The summed E-state index contributed by atoms with van der Waals surface area (Å²) in [5.74, 6) is 0.978. The number of ether oxygens (including phenoxy) is 1. The van der Waals surface area contributed by atoms with Crippen LogP contribution in [0.5, 0.6) is 5.75 Å². The monoisotopic (exact) mass is 276 g/mol. The number of thiazole rings is 1. The summed E-state index contributed by atoms with van der Waals surface area (Å²) in [7, 11) is 0. The minimum absolute atomic E-state index is 0.513. The largest absolute Gasteiger partial charge is 0.493 e. The third-order valence-corrected chi connectivity index (χ3v) is 4.08. The average Bonchev–Trinajstić information content (AvgIpc) is 2.78. The summed E-state index contributed by atoms with van der Waals surface area (Å²) in [6.07, 6.45) is 1.88. The van der Waals surface area contributed by atoms with Gasteiger partial charge in [-0.3, -0.25) is 0 Å². The smallest absolute Gasteiger partial charge is 0.122 e. The van der Waals surface area contributed by atoms with Crippen LogP contribution in [0.2, 0.25) is 0 Å². The van der Waals surface area contributed by atoms with Gasteiger partial charge in [0, 0.05) is 17.8 Å². The van der Waals surface area contributed by atoms with Gasteiger partial charge in [-0.25, -0.2) is 4.98 Å². The molecule has 19 heavy (non-hydrogen) atoms. The zero-order valence-corrected chi connectivity index (χ0v) is 12.3. The molecule has 0 unspecified atom stereocenters. The van der Waals surface area contributed by atoms with E-state index in [-0.39, 0.29) is 0 Å². The number of nitrogens with two attached hydrogens (primary N) is 1. The molecule has 0 aliphatic carbocycles. The molecule has 0 saturated carbocycles. The fraction of sp³-hybridized carbons (Fsp3) is 0.400. The standard InChI is InChI=1S/C15H20N2OS/c1-3-8-18-13-7-5-4-6-12(13)9-14-11(2)17-15(10-16)19-14/h4-7H,3,8-10,16H2,1-2H3.